The van der Waals surface area contributed by atoms with E-state index in [2.05, 4.69) is 10.6 Å². The van der Waals surface area contributed by atoms with E-state index in [4.69, 9.17) is 27.9 Å². The summed E-state index contributed by atoms with van der Waals surface area (Å²) in [6.45, 7) is 4.00. The molecular weight excluding hydrogens is 323 g/mol. The fraction of sp³-hybridized carbons (Fsp3) is 0.188. The molecule has 6 heteroatoms. The number of aryl methyl sites for hydroxylation is 2. The average molecular weight is 339 g/mol. The quantitative estimate of drug-likeness (QED) is 0.789. The van der Waals surface area contributed by atoms with Crippen molar-refractivity contribution in [2.75, 3.05) is 12.0 Å². The van der Waals surface area contributed by atoms with Crippen molar-refractivity contribution in [3.8, 4) is 5.75 Å². The molecule has 0 aliphatic rings. The van der Waals surface area contributed by atoms with Crippen LogP contribution in [0.25, 0.3) is 0 Å². The second-order valence-corrected chi connectivity index (χ2v) is 5.64. The number of hydrogen-bond donors (Lipinski definition) is 2. The van der Waals surface area contributed by atoms with E-state index in [-0.39, 0.29) is 12.8 Å². The van der Waals surface area contributed by atoms with Gasteiger partial charge in [-0.15, -0.1) is 0 Å². The second kappa shape index (κ2) is 7.38. The zero-order chi connectivity index (χ0) is 16.1. The highest BCUT2D eigenvalue weighted by molar-refractivity contribution is 6.35. The van der Waals surface area contributed by atoms with Gasteiger partial charge in [0.15, 0.2) is 6.73 Å². The summed E-state index contributed by atoms with van der Waals surface area (Å²) < 4.78 is 5.38. The molecule has 2 N–H and O–H groups in total. The lowest BCUT2D eigenvalue weighted by atomic mass is 10.1. The standard InChI is InChI=1S/C16H16Cl2N2O2/c1-10-3-5-13(7-11(10)2)20-16(21)19-9-22-15-6-4-12(17)8-14(15)18/h3-8H,9H2,1-2H3,(H2,19,20,21). The number of amides is 2. The van der Waals surface area contributed by atoms with Gasteiger partial charge in [0.25, 0.3) is 0 Å². The molecule has 0 fully saturated rings. The average Bonchev–Trinajstić information content (AvgIpc) is 2.45. The van der Waals surface area contributed by atoms with Crippen molar-refractivity contribution in [2.45, 2.75) is 13.8 Å². The van der Waals surface area contributed by atoms with Crippen molar-refractivity contribution in [3.63, 3.8) is 0 Å². The van der Waals surface area contributed by atoms with E-state index in [0.717, 1.165) is 11.3 Å². The number of anilines is 1. The first-order valence-electron chi connectivity index (χ1n) is 6.65. The Balaban J connectivity index is 1.83. The number of hydrogen-bond acceptors (Lipinski definition) is 2. The van der Waals surface area contributed by atoms with Crippen LogP contribution in [0.15, 0.2) is 36.4 Å². The third kappa shape index (κ3) is 4.55. The van der Waals surface area contributed by atoms with Gasteiger partial charge in [-0.05, 0) is 55.3 Å². The summed E-state index contributed by atoms with van der Waals surface area (Å²) in [5.74, 6) is 0.456. The minimum atomic E-state index is -0.353. The Morgan fingerprint density at radius 1 is 1.09 bits per heavy atom. The number of carbonyl (C=O) groups excluding carboxylic acids is 1. The van der Waals surface area contributed by atoms with Gasteiger partial charge in [-0.25, -0.2) is 4.79 Å². The first-order valence-corrected chi connectivity index (χ1v) is 7.41. The SMILES string of the molecule is Cc1ccc(NC(=O)NCOc2ccc(Cl)cc2Cl)cc1C. The monoisotopic (exact) mass is 338 g/mol. The Morgan fingerprint density at radius 3 is 2.55 bits per heavy atom. The molecule has 4 nitrogen and oxygen atoms in total. The van der Waals surface area contributed by atoms with E-state index in [0.29, 0.717) is 15.8 Å². The van der Waals surface area contributed by atoms with Gasteiger partial charge in [-0.2, -0.15) is 0 Å². The van der Waals surface area contributed by atoms with Gasteiger partial charge < -0.3 is 15.4 Å². The molecular formula is C16H16Cl2N2O2. The minimum absolute atomic E-state index is 0.00196. The highest BCUT2D eigenvalue weighted by Crippen LogP contribution is 2.27. The topological polar surface area (TPSA) is 50.4 Å². The second-order valence-electron chi connectivity index (χ2n) is 4.79. The van der Waals surface area contributed by atoms with E-state index in [1.54, 1.807) is 18.2 Å². The molecule has 0 radical (unpaired) electrons. The normalized spacial score (nSPS) is 10.2. The molecule has 0 saturated carbocycles. The Bertz CT molecular complexity index is 690. The zero-order valence-corrected chi connectivity index (χ0v) is 13.8. The molecule has 0 unspecified atom stereocenters. The maximum absolute atomic E-state index is 11.8. The Morgan fingerprint density at radius 2 is 1.86 bits per heavy atom. The number of rotatable bonds is 4. The highest BCUT2D eigenvalue weighted by Gasteiger charge is 2.05. The fourth-order valence-electron chi connectivity index (χ4n) is 1.77. The van der Waals surface area contributed by atoms with Gasteiger partial charge in [-0.1, -0.05) is 29.3 Å². The summed E-state index contributed by atoms with van der Waals surface area (Å²) in [5.41, 5.74) is 3.01. The van der Waals surface area contributed by atoms with E-state index in [1.165, 1.54) is 5.56 Å². The van der Waals surface area contributed by atoms with Crippen LogP contribution in [0.1, 0.15) is 11.1 Å². The molecule has 0 aliphatic carbocycles. The summed E-state index contributed by atoms with van der Waals surface area (Å²) in [5, 5.41) is 6.25. The first kappa shape index (κ1) is 16.5. The van der Waals surface area contributed by atoms with Gasteiger partial charge in [0.1, 0.15) is 5.75 Å². The fourth-order valence-corrected chi connectivity index (χ4v) is 2.23. The maximum atomic E-state index is 11.8. The van der Waals surface area contributed by atoms with Crippen LogP contribution in [-0.4, -0.2) is 12.8 Å². The lowest BCUT2D eigenvalue weighted by Gasteiger charge is -2.11. The van der Waals surface area contributed by atoms with E-state index >= 15 is 0 Å². The van der Waals surface area contributed by atoms with Crippen LogP contribution in [-0.2, 0) is 0 Å². The number of halogens is 2. The van der Waals surface area contributed by atoms with Crippen molar-refractivity contribution in [1.29, 1.82) is 0 Å². The van der Waals surface area contributed by atoms with Crippen LogP contribution in [0.4, 0.5) is 10.5 Å². The molecule has 0 atom stereocenters. The van der Waals surface area contributed by atoms with Crippen LogP contribution < -0.4 is 15.4 Å². The van der Waals surface area contributed by atoms with Crippen LogP contribution in [0.5, 0.6) is 5.75 Å². The molecule has 2 aromatic carbocycles. The molecule has 0 spiro atoms. The molecule has 0 bridgehead atoms. The van der Waals surface area contributed by atoms with Crippen LogP contribution in [0.3, 0.4) is 0 Å². The third-order valence-electron chi connectivity index (χ3n) is 3.12. The summed E-state index contributed by atoms with van der Waals surface area (Å²) >= 11 is 11.8. The molecule has 0 heterocycles. The zero-order valence-electron chi connectivity index (χ0n) is 12.2. The van der Waals surface area contributed by atoms with Crippen LogP contribution in [0, 0.1) is 13.8 Å². The number of ether oxygens (including phenoxy) is 1. The lowest BCUT2D eigenvalue weighted by Crippen LogP contribution is -2.32. The van der Waals surface area contributed by atoms with Crippen molar-refractivity contribution in [3.05, 3.63) is 57.6 Å². The molecule has 116 valence electrons. The number of nitrogens with one attached hydrogen (secondary N) is 2. The summed E-state index contributed by atoms with van der Waals surface area (Å²) in [7, 11) is 0. The van der Waals surface area contributed by atoms with Gasteiger partial charge in [-0.3, -0.25) is 0 Å². The predicted octanol–water partition coefficient (Wildman–Crippen LogP) is 4.77. The van der Waals surface area contributed by atoms with Crippen LogP contribution in [0.2, 0.25) is 10.0 Å². The molecule has 0 aliphatic heterocycles. The number of benzene rings is 2. The summed E-state index contributed by atoms with van der Waals surface area (Å²) in [6.07, 6.45) is 0. The van der Waals surface area contributed by atoms with Gasteiger partial charge in [0, 0.05) is 10.7 Å². The molecule has 2 aromatic rings. The van der Waals surface area contributed by atoms with E-state index < -0.39 is 0 Å². The summed E-state index contributed by atoms with van der Waals surface area (Å²) in [4.78, 5) is 11.8. The van der Waals surface area contributed by atoms with E-state index in [1.807, 2.05) is 32.0 Å². The highest BCUT2D eigenvalue weighted by atomic mass is 35.5. The van der Waals surface area contributed by atoms with E-state index in [9.17, 15) is 4.79 Å². The maximum Gasteiger partial charge on any atom is 0.321 e. The Kier molecular flexibility index (Phi) is 5.52. The molecule has 2 amide bonds. The van der Waals surface area contributed by atoms with Crippen molar-refractivity contribution in [2.24, 2.45) is 0 Å². The third-order valence-corrected chi connectivity index (χ3v) is 3.65. The molecule has 22 heavy (non-hydrogen) atoms. The Labute approximate surface area is 139 Å². The smallest absolute Gasteiger partial charge is 0.321 e. The number of urea groups is 1. The van der Waals surface area contributed by atoms with Crippen LogP contribution >= 0.6 is 23.2 Å². The predicted molar refractivity (Wildman–Crippen MR) is 90.0 cm³/mol. The molecule has 0 aromatic heterocycles. The van der Waals surface area contributed by atoms with Gasteiger partial charge >= 0.3 is 6.03 Å². The van der Waals surface area contributed by atoms with Crippen molar-refractivity contribution < 1.29 is 9.53 Å². The molecule has 0 saturated heterocycles. The summed E-state index contributed by atoms with van der Waals surface area (Å²) in [6, 6.07) is 10.2. The largest absolute Gasteiger partial charge is 0.472 e. The van der Waals surface area contributed by atoms with Crippen molar-refractivity contribution >= 4 is 34.9 Å². The minimum Gasteiger partial charge on any atom is -0.472 e. The first-order chi connectivity index (χ1) is 10.5. The Hall–Kier alpha value is -1.91. The lowest BCUT2D eigenvalue weighted by molar-refractivity contribution is 0.234. The van der Waals surface area contributed by atoms with Crippen molar-refractivity contribution in [1.82, 2.24) is 5.32 Å². The number of carbonyl (C=O) groups is 1. The van der Waals surface area contributed by atoms with Gasteiger partial charge in [0.05, 0.1) is 5.02 Å². The molecule has 2 rings (SSSR count). The van der Waals surface area contributed by atoms with Gasteiger partial charge in [0.2, 0.25) is 0 Å².